The number of imidazole rings is 3. The summed E-state index contributed by atoms with van der Waals surface area (Å²) in [5, 5.41) is 12.9. The largest absolute Gasteiger partial charge is 0.340 e. The van der Waals surface area contributed by atoms with Crippen LogP contribution in [0.3, 0.4) is 0 Å². The molecule has 9 aromatic rings. The maximum atomic E-state index is 15.0. The predicted octanol–water partition coefficient (Wildman–Crippen LogP) is 9.69. The smallest absolute Gasteiger partial charge is 0.272 e. The summed E-state index contributed by atoms with van der Waals surface area (Å²) in [6, 6.07) is 28.1. The van der Waals surface area contributed by atoms with Crippen LogP contribution >= 0.6 is 0 Å². The van der Waals surface area contributed by atoms with Crippen molar-refractivity contribution in [2.24, 2.45) is 17.8 Å². The minimum absolute atomic E-state index is 0.180. The number of hydrogen-bond acceptors (Lipinski definition) is 9. The summed E-state index contributed by atoms with van der Waals surface area (Å²) >= 11 is 0. The normalized spacial score (nSPS) is 16.7. The lowest BCUT2D eigenvalue weighted by Gasteiger charge is -2.23. The van der Waals surface area contributed by atoms with Crippen LogP contribution in [0.5, 0.6) is 0 Å². The van der Waals surface area contributed by atoms with E-state index in [9.17, 15) is 0 Å². The molecule has 72 heavy (non-hydrogen) atoms. The van der Waals surface area contributed by atoms with Crippen molar-refractivity contribution < 1.29 is 14.4 Å². The second kappa shape index (κ2) is 19.3. The minimum atomic E-state index is -0.663. The van der Waals surface area contributed by atoms with E-state index in [0.717, 1.165) is 49.4 Å². The number of para-hydroxylation sites is 3. The Morgan fingerprint density at radius 2 is 0.694 bits per heavy atom. The van der Waals surface area contributed by atoms with Crippen LogP contribution in [0.1, 0.15) is 142 Å². The molecular weight excluding hydrogens is 901 g/mol. The molecule has 0 spiro atoms. The summed E-state index contributed by atoms with van der Waals surface area (Å²) in [6.07, 6.45) is 5.54. The molecule has 0 unspecified atom stereocenters. The predicted molar refractivity (Wildman–Crippen MR) is 279 cm³/mol. The number of benzene rings is 3. The number of nitrogens with zero attached hydrogens (tertiary/aromatic N) is 9. The lowest BCUT2D eigenvalue weighted by molar-refractivity contribution is 0.0912. The maximum Gasteiger partial charge on any atom is 0.272 e. The lowest BCUT2D eigenvalue weighted by atomic mass is 10.0. The van der Waals surface area contributed by atoms with Crippen molar-refractivity contribution in [3.05, 3.63) is 178 Å². The number of amides is 3. The molecule has 0 fully saturated rings. The molecule has 0 aliphatic carbocycles. The van der Waals surface area contributed by atoms with E-state index in [2.05, 4.69) is 34.1 Å². The van der Waals surface area contributed by atoms with E-state index in [-0.39, 0.29) is 34.8 Å². The minimum Gasteiger partial charge on any atom is -0.340 e. The molecule has 3 aromatic carbocycles. The fourth-order valence-corrected chi connectivity index (χ4v) is 10.00. The van der Waals surface area contributed by atoms with E-state index < -0.39 is 35.8 Å². The zero-order chi connectivity index (χ0) is 50.5. The molecule has 6 bridgehead atoms. The third kappa shape index (κ3) is 8.99. The molecule has 0 radical (unpaired) electrons. The van der Waals surface area contributed by atoms with Crippen molar-refractivity contribution in [2.75, 3.05) is 0 Å². The van der Waals surface area contributed by atoms with Crippen molar-refractivity contribution in [1.82, 2.24) is 59.6 Å². The van der Waals surface area contributed by atoms with Gasteiger partial charge >= 0.3 is 0 Å². The first-order chi connectivity index (χ1) is 34.6. The molecule has 10 rings (SSSR count). The van der Waals surface area contributed by atoms with Crippen LogP contribution in [0.2, 0.25) is 0 Å². The number of carbonyl (C=O) groups is 3. The van der Waals surface area contributed by atoms with Crippen LogP contribution in [-0.2, 0) is 19.6 Å². The highest BCUT2D eigenvalue weighted by atomic mass is 16.2. The van der Waals surface area contributed by atoms with Crippen molar-refractivity contribution >= 4 is 50.4 Å². The second-order valence-corrected chi connectivity index (χ2v) is 20.2. The number of aromatic nitrogens is 9. The van der Waals surface area contributed by atoms with E-state index >= 15 is 14.4 Å². The molecule has 366 valence electrons. The van der Waals surface area contributed by atoms with Crippen LogP contribution in [0.25, 0.3) is 32.7 Å². The van der Waals surface area contributed by atoms with Gasteiger partial charge in [-0.3, -0.25) is 29.3 Å². The summed E-state index contributed by atoms with van der Waals surface area (Å²) in [7, 11) is 0. The van der Waals surface area contributed by atoms with Gasteiger partial charge in [0, 0.05) is 51.8 Å². The molecule has 15 heteroatoms. The number of pyridine rings is 3. The zero-order valence-electron chi connectivity index (χ0n) is 42.2. The van der Waals surface area contributed by atoms with E-state index in [1.54, 1.807) is 0 Å². The van der Waals surface area contributed by atoms with Gasteiger partial charge in [0.25, 0.3) is 17.7 Å². The first-order valence-electron chi connectivity index (χ1n) is 24.8. The summed E-state index contributed by atoms with van der Waals surface area (Å²) in [4.78, 5) is 74.9. The summed E-state index contributed by atoms with van der Waals surface area (Å²) in [5.41, 5.74) is 7.81. The van der Waals surface area contributed by atoms with Gasteiger partial charge in [0.1, 0.15) is 34.6 Å². The average molecular weight is 961 g/mol. The molecule has 0 saturated carbocycles. The molecular formula is C57H60N12O3. The Bertz CT molecular complexity index is 3190. The number of fused-ring (bicyclic) bond motifs is 9. The topological polar surface area (TPSA) is 179 Å². The van der Waals surface area contributed by atoms with Crippen LogP contribution in [0.15, 0.2) is 110 Å². The first-order valence-corrected chi connectivity index (χ1v) is 24.8. The average Bonchev–Trinajstić information content (AvgIpc) is 3.99. The van der Waals surface area contributed by atoms with Gasteiger partial charge in [0.2, 0.25) is 0 Å². The molecule has 1 aliphatic rings. The molecule has 1 aliphatic heterocycles. The number of carbonyl (C=O) groups excluding carboxylic acids is 3. The van der Waals surface area contributed by atoms with Crippen molar-refractivity contribution in [3.63, 3.8) is 0 Å². The molecule has 3 amide bonds. The molecule has 0 saturated heterocycles. The fourth-order valence-electron chi connectivity index (χ4n) is 10.00. The van der Waals surface area contributed by atoms with Gasteiger partial charge in [-0.25, -0.2) is 15.0 Å². The molecule has 7 heterocycles. The first kappa shape index (κ1) is 47.6. The van der Waals surface area contributed by atoms with Gasteiger partial charge in [-0.05, 0) is 91.6 Å². The number of nitrogens with one attached hydrogen (secondary N) is 3. The Kier molecular flexibility index (Phi) is 12.7. The molecule has 6 aromatic heterocycles. The summed E-state index contributed by atoms with van der Waals surface area (Å²) in [5.74, 6) is -0.213. The Labute approximate surface area is 418 Å². The van der Waals surface area contributed by atoms with Gasteiger partial charge in [0.05, 0.1) is 54.3 Å². The molecule has 3 atom stereocenters. The van der Waals surface area contributed by atoms with E-state index in [0.29, 0.717) is 54.2 Å². The van der Waals surface area contributed by atoms with Gasteiger partial charge < -0.3 is 29.7 Å². The van der Waals surface area contributed by atoms with Crippen LogP contribution in [0, 0.1) is 38.5 Å². The highest BCUT2D eigenvalue weighted by Crippen LogP contribution is 2.32. The van der Waals surface area contributed by atoms with Crippen molar-refractivity contribution in [3.8, 4) is 0 Å². The maximum absolute atomic E-state index is 15.0. The molecule has 15 nitrogen and oxygen atoms in total. The van der Waals surface area contributed by atoms with E-state index in [1.807, 2.05) is 167 Å². The third-order valence-corrected chi connectivity index (χ3v) is 14.1. The lowest BCUT2D eigenvalue weighted by Crippen LogP contribution is -2.36. The van der Waals surface area contributed by atoms with Gasteiger partial charge in [0.15, 0.2) is 0 Å². The van der Waals surface area contributed by atoms with E-state index in [1.165, 1.54) is 0 Å². The Morgan fingerprint density at radius 3 is 0.958 bits per heavy atom. The van der Waals surface area contributed by atoms with Crippen molar-refractivity contribution in [2.45, 2.75) is 100 Å². The Hall–Kier alpha value is -8.07. The summed E-state index contributed by atoms with van der Waals surface area (Å²) < 4.78 is 6.04. The SMILES string of the molecule is Cc1c2nc(n1Cc1cnc3ccccc3c1)[C@H](C(C)C)NC(=O)c1nc(n(Cc3cnc4ccccc4c3)c1C)[C@H](C(C)C)NC(=O)c1nc(n(Cc3cnc4ccccc4c3)c1C)[C@H](C(C)C)NC2=O. The number of hydrogen-bond donors (Lipinski definition) is 3. The van der Waals surface area contributed by atoms with Gasteiger partial charge in [-0.15, -0.1) is 0 Å². The highest BCUT2D eigenvalue weighted by molar-refractivity contribution is 5.96. The highest BCUT2D eigenvalue weighted by Gasteiger charge is 2.36. The van der Waals surface area contributed by atoms with Crippen LogP contribution in [0.4, 0.5) is 0 Å². The van der Waals surface area contributed by atoms with Crippen LogP contribution < -0.4 is 16.0 Å². The van der Waals surface area contributed by atoms with E-state index in [4.69, 9.17) is 29.9 Å². The Balaban J connectivity index is 1.16. The summed E-state index contributed by atoms with van der Waals surface area (Å²) in [6.45, 7) is 18.8. The van der Waals surface area contributed by atoms with Crippen molar-refractivity contribution in [1.29, 1.82) is 0 Å². The van der Waals surface area contributed by atoms with Gasteiger partial charge in [-0.2, -0.15) is 0 Å². The second-order valence-electron chi connectivity index (χ2n) is 20.2. The number of rotatable bonds is 9. The molecule has 3 N–H and O–H groups in total. The quantitative estimate of drug-likeness (QED) is 0.127. The third-order valence-electron chi connectivity index (χ3n) is 14.1. The van der Waals surface area contributed by atoms with Crippen LogP contribution in [-0.4, -0.2) is 61.3 Å². The van der Waals surface area contributed by atoms with Gasteiger partial charge in [-0.1, -0.05) is 96.1 Å². The zero-order valence-corrected chi connectivity index (χ0v) is 42.2. The monoisotopic (exact) mass is 960 g/mol. The standard InChI is InChI=1S/C57H60N12O3/c1-31(2)46-52-61-50(34(7)67(52)28-37-22-40-16-10-13-19-43(40)58-25-37)56(71)65-48(33(5)6)54-63-51(36(9)69(54)30-39-24-42-18-12-15-21-45(42)60-27-39)57(72)66-47(32(3)4)53-62-49(55(70)64-46)35(8)68(53)29-38-23-41-17-11-14-20-44(41)59-26-38/h10-27,31-33,46-48H,28-30H2,1-9H3,(H,64,70)(H,65,71)(H,66,72)/t46-,47-,48-/m0/s1. The Morgan fingerprint density at radius 1 is 0.431 bits per heavy atom. The fraction of sp³-hybridized carbons (Fsp3) is 0.316.